The zero-order valence-corrected chi connectivity index (χ0v) is 20.1. The van der Waals surface area contributed by atoms with Crippen LogP contribution in [-0.4, -0.2) is 37.7 Å². The molecule has 0 N–H and O–H groups in total. The smallest absolute Gasteiger partial charge is 0.119 e. The summed E-state index contributed by atoms with van der Waals surface area (Å²) in [5.74, 6) is 0.993. The molecule has 0 unspecified atom stereocenters. The number of rotatable bonds is 9. The predicted octanol–water partition coefficient (Wildman–Crippen LogP) is 7.00. The normalized spacial score (nSPS) is 17.3. The highest BCUT2D eigenvalue weighted by Crippen LogP contribution is 2.35. The molecular formula is C30H38N2O. The number of anilines is 1. The van der Waals surface area contributed by atoms with Crippen molar-refractivity contribution in [2.45, 2.75) is 57.9 Å². The van der Waals surface area contributed by atoms with Crippen molar-refractivity contribution in [3.8, 4) is 5.75 Å². The van der Waals surface area contributed by atoms with Crippen LogP contribution in [0.25, 0.3) is 10.8 Å². The molecule has 2 aliphatic heterocycles. The topological polar surface area (TPSA) is 15.7 Å². The number of likely N-dealkylation sites (tertiary alicyclic amines) is 1. The van der Waals surface area contributed by atoms with Crippen LogP contribution in [0, 0.1) is 0 Å². The summed E-state index contributed by atoms with van der Waals surface area (Å²) in [5.41, 5.74) is 4.24. The predicted molar refractivity (Wildman–Crippen MR) is 139 cm³/mol. The number of para-hydroxylation sites is 1. The van der Waals surface area contributed by atoms with Crippen LogP contribution >= 0.6 is 0 Å². The van der Waals surface area contributed by atoms with E-state index in [1.165, 1.54) is 79.3 Å². The minimum absolute atomic E-state index is 0.374. The van der Waals surface area contributed by atoms with Gasteiger partial charge in [0.2, 0.25) is 0 Å². The molecule has 0 radical (unpaired) electrons. The quantitative estimate of drug-likeness (QED) is 0.332. The highest BCUT2D eigenvalue weighted by molar-refractivity contribution is 5.84. The van der Waals surface area contributed by atoms with Gasteiger partial charge >= 0.3 is 0 Å². The number of nitrogens with zero attached hydrogens (tertiary/aromatic N) is 2. The van der Waals surface area contributed by atoms with Gasteiger partial charge in [-0.15, -0.1) is 0 Å². The van der Waals surface area contributed by atoms with Gasteiger partial charge in [0.15, 0.2) is 0 Å². The lowest BCUT2D eigenvalue weighted by molar-refractivity contribution is 0.221. The van der Waals surface area contributed by atoms with Crippen molar-refractivity contribution >= 4 is 16.5 Å². The molecular weight excluding hydrogens is 404 g/mol. The Bertz CT molecular complexity index is 1060. The maximum Gasteiger partial charge on any atom is 0.119 e. The van der Waals surface area contributed by atoms with Gasteiger partial charge in [0, 0.05) is 12.2 Å². The van der Waals surface area contributed by atoms with Gasteiger partial charge in [-0.05, 0) is 111 Å². The Morgan fingerprint density at radius 3 is 2.55 bits per heavy atom. The number of benzene rings is 3. The summed E-state index contributed by atoms with van der Waals surface area (Å²) in [6.07, 6.45) is 9.03. The first-order chi connectivity index (χ1) is 16.3. The maximum atomic E-state index is 6.08. The number of hydrogen-bond donors (Lipinski definition) is 0. The Morgan fingerprint density at radius 2 is 1.64 bits per heavy atom. The van der Waals surface area contributed by atoms with E-state index in [0.717, 1.165) is 31.7 Å². The molecule has 0 bridgehead atoms. The lowest BCUT2D eigenvalue weighted by Crippen LogP contribution is -2.30. The Kier molecular flexibility index (Phi) is 7.16. The minimum Gasteiger partial charge on any atom is -0.494 e. The second kappa shape index (κ2) is 10.6. The average Bonchev–Trinajstić information content (AvgIpc) is 3.30. The second-order valence-corrected chi connectivity index (χ2v) is 9.83. The van der Waals surface area contributed by atoms with Crippen LogP contribution in [0.2, 0.25) is 0 Å². The standard InChI is InChI=1S/C30H38N2O/c1-24(32-20-16-25-10-4-5-11-30(25)32)26-12-13-28-23-29(15-14-27(28)22-26)33-21-9-3-8-19-31-17-6-2-7-18-31/h4-5,10-15,22-24H,2-3,6-9,16-21H2,1H3/t24-/m1/s1. The fraction of sp³-hybridized carbons (Fsp3) is 0.467. The highest BCUT2D eigenvalue weighted by Gasteiger charge is 2.24. The van der Waals surface area contributed by atoms with Gasteiger partial charge in [-0.2, -0.15) is 0 Å². The Morgan fingerprint density at radius 1 is 0.818 bits per heavy atom. The molecule has 0 spiro atoms. The SMILES string of the molecule is C[C@H](c1ccc2cc(OCCCCCN3CCCCC3)ccc2c1)N1CCc2ccccc21. The number of piperidine rings is 1. The Hall–Kier alpha value is -2.52. The molecule has 0 amide bonds. The molecule has 1 fully saturated rings. The van der Waals surface area contributed by atoms with E-state index < -0.39 is 0 Å². The van der Waals surface area contributed by atoms with Crippen molar-refractivity contribution in [3.63, 3.8) is 0 Å². The molecule has 33 heavy (non-hydrogen) atoms. The van der Waals surface area contributed by atoms with Gasteiger partial charge in [-0.25, -0.2) is 0 Å². The van der Waals surface area contributed by atoms with Gasteiger partial charge in [0.25, 0.3) is 0 Å². The van der Waals surface area contributed by atoms with E-state index in [4.69, 9.17) is 4.74 Å². The summed E-state index contributed by atoms with van der Waals surface area (Å²) in [6, 6.07) is 22.7. The minimum atomic E-state index is 0.374. The zero-order chi connectivity index (χ0) is 22.5. The molecule has 0 saturated carbocycles. The van der Waals surface area contributed by atoms with E-state index in [1.54, 1.807) is 0 Å². The fourth-order valence-electron chi connectivity index (χ4n) is 5.53. The fourth-order valence-corrected chi connectivity index (χ4v) is 5.53. The van der Waals surface area contributed by atoms with Crippen LogP contribution in [0.5, 0.6) is 5.75 Å². The van der Waals surface area contributed by atoms with Crippen LogP contribution in [0.1, 0.15) is 62.6 Å². The lowest BCUT2D eigenvalue weighted by Gasteiger charge is -2.28. The van der Waals surface area contributed by atoms with E-state index in [9.17, 15) is 0 Å². The first-order valence-corrected chi connectivity index (χ1v) is 13.0. The first kappa shape index (κ1) is 22.3. The zero-order valence-electron chi connectivity index (χ0n) is 20.1. The lowest BCUT2D eigenvalue weighted by atomic mass is 10.0. The van der Waals surface area contributed by atoms with E-state index in [-0.39, 0.29) is 0 Å². The van der Waals surface area contributed by atoms with Crippen molar-refractivity contribution in [2.24, 2.45) is 0 Å². The number of hydrogen-bond acceptors (Lipinski definition) is 3. The largest absolute Gasteiger partial charge is 0.494 e. The number of fused-ring (bicyclic) bond motifs is 2. The molecule has 2 heterocycles. The van der Waals surface area contributed by atoms with Gasteiger partial charge in [-0.3, -0.25) is 0 Å². The summed E-state index contributed by atoms with van der Waals surface area (Å²) in [5, 5.41) is 2.55. The van der Waals surface area contributed by atoms with E-state index >= 15 is 0 Å². The van der Waals surface area contributed by atoms with Gasteiger partial charge in [-0.1, -0.05) is 42.8 Å². The van der Waals surface area contributed by atoms with Crippen LogP contribution in [0.15, 0.2) is 60.7 Å². The molecule has 1 atom stereocenters. The Labute approximate surface area is 199 Å². The summed E-state index contributed by atoms with van der Waals surface area (Å²) in [7, 11) is 0. The van der Waals surface area contributed by atoms with E-state index in [1.807, 2.05) is 0 Å². The average molecular weight is 443 g/mol. The van der Waals surface area contributed by atoms with Gasteiger partial charge in [0.1, 0.15) is 5.75 Å². The molecule has 5 rings (SSSR count). The molecule has 174 valence electrons. The van der Waals surface area contributed by atoms with Gasteiger partial charge in [0.05, 0.1) is 12.6 Å². The molecule has 2 aliphatic rings. The highest BCUT2D eigenvalue weighted by atomic mass is 16.5. The van der Waals surface area contributed by atoms with Crippen molar-refractivity contribution < 1.29 is 4.74 Å². The van der Waals surface area contributed by atoms with E-state index in [0.29, 0.717) is 6.04 Å². The van der Waals surface area contributed by atoms with Crippen molar-refractivity contribution in [1.29, 1.82) is 0 Å². The third-order valence-electron chi connectivity index (χ3n) is 7.54. The summed E-state index contributed by atoms with van der Waals surface area (Å²) in [4.78, 5) is 5.17. The number of ether oxygens (including phenoxy) is 1. The molecule has 0 aliphatic carbocycles. The van der Waals surface area contributed by atoms with Crippen LogP contribution in [0.4, 0.5) is 5.69 Å². The molecule has 0 aromatic heterocycles. The summed E-state index contributed by atoms with van der Waals surface area (Å²) >= 11 is 0. The second-order valence-electron chi connectivity index (χ2n) is 9.83. The summed E-state index contributed by atoms with van der Waals surface area (Å²) < 4.78 is 6.08. The molecule has 1 saturated heterocycles. The maximum absolute atomic E-state index is 6.08. The molecule has 3 aromatic rings. The monoisotopic (exact) mass is 442 g/mol. The first-order valence-electron chi connectivity index (χ1n) is 13.0. The van der Waals surface area contributed by atoms with Crippen molar-refractivity contribution in [3.05, 3.63) is 71.8 Å². The Balaban J connectivity index is 1.13. The van der Waals surface area contributed by atoms with Crippen LogP contribution in [-0.2, 0) is 6.42 Å². The molecule has 3 aromatic carbocycles. The van der Waals surface area contributed by atoms with Crippen LogP contribution in [0.3, 0.4) is 0 Å². The molecule has 3 heteroatoms. The van der Waals surface area contributed by atoms with Crippen molar-refractivity contribution in [1.82, 2.24) is 4.90 Å². The molecule has 3 nitrogen and oxygen atoms in total. The van der Waals surface area contributed by atoms with Crippen LogP contribution < -0.4 is 9.64 Å². The third kappa shape index (κ3) is 5.35. The van der Waals surface area contributed by atoms with Crippen molar-refractivity contribution in [2.75, 3.05) is 37.7 Å². The number of unbranched alkanes of at least 4 members (excludes halogenated alkanes) is 2. The van der Waals surface area contributed by atoms with Gasteiger partial charge < -0.3 is 14.5 Å². The summed E-state index contributed by atoms with van der Waals surface area (Å²) in [6.45, 7) is 8.11. The third-order valence-corrected chi connectivity index (χ3v) is 7.54. The van der Waals surface area contributed by atoms with E-state index in [2.05, 4.69) is 77.4 Å².